The predicted octanol–water partition coefficient (Wildman–Crippen LogP) is 2.24. The number of hydrogen-bond donors (Lipinski definition) is 1. The van der Waals surface area contributed by atoms with Crippen molar-refractivity contribution in [1.82, 2.24) is 5.48 Å². The van der Waals surface area contributed by atoms with Gasteiger partial charge in [-0.2, -0.15) is 0 Å². The molecule has 1 rings (SSSR count). The molecule has 5 heteroatoms. The molecule has 3 nitrogen and oxygen atoms in total. The third-order valence-electron chi connectivity index (χ3n) is 1.37. The molecule has 0 heterocycles. The smallest absolute Gasteiger partial charge is 0.275 e. The highest BCUT2D eigenvalue weighted by atomic mass is 127. The van der Waals surface area contributed by atoms with Crippen LogP contribution in [0.4, 0.5) is 0 Å². The first-order valence-corrected chi connectivity index (χ1v) is 4.89. The molecule has 1 amide bonds. The van der Waals surface area contributed by atoms with Crippen molar-refractivity contribution in [3.8, 4) is 0 Å². The van der Waals surface area contributed by atoms with E-state index in [-0.39, 0.29) is 5.91 Å². The van der Waals surface area contributed by atoms with Crippen molar-refractivity contribution in [2.24, 2.45) is 0 Å². The van der Waals surface area contributed by atoms with Crippen LogP contribution in [0.3, 0.4) is 0 Å². The highest BCUT2D eigenvalue weighted by Gasteiger charge is 2.08. The second kappa shape index (κ2) is 4.78. The summed E-state index contributed by atoms with van der Waals surface area (Å²) in [6, 6.07) is 5.03. The van der Waals surface area contributed by atoms with Gasteiger partial charge in [-0.25, -0.2) is 5.48 Å². The van der Waals surface area contributed by atoms with Crippen molar-refractivity contribution < 1.29 is 9.63 Å². The molecule has 0 unspecified atom stereocenters. The fourth-order valence-corrected chi connectivity index (χ4v) is 1.94. The average molecular weight is 312 g/mol. The zero-order valence-corrected chi connectivity index (χ0v) is 9.72. The number of halogens is 2. The summed E-state index contributed by atoms with van der Waals surface area (Å²) >= 11 is 7.77. The van der Waals surface area contributed by atoms with E-state index in [9.17, 15) is 4.79 Å². The van der Waals surface area contributed by atoms with E-state index in [0.29, 0.717) is 10.6 Å². The number of carbonyl (C=O) groups excluding carboxylic acids is 1. The fourth-order valence-electron chi connectivity index (χ4n) is 0.821. The van der Waals surface area contributed by atoms with Gasteiger partial charge in [0.2, 0.25) is 0 Å². The van der Waals surface area contributed by atoms with E-state index in [4.69, 9.17) is 11.6 Å². The van der Waals surface area contributed by atoms with Crippen LogP contribution in [0.2, 0.25) is 5.02 Å². The lowest BCUT2D eigenvalue weighted by Gasteiger charge is -2.04. The molecule has 0 radical (unpaired) electrons. The van der Waals surface area contributed by atoms with Gasteiger partial charge in [0.15, 0.2) is 0 Å². The summed E-state index contributed by atoms with van der Waals surface area (Å²) in [7, 11) is 1.39. The molecule has 1 aromatic carbocycles. The number of hydroxylamine groups is 1. The molecular weight excluding hydrogens is 304 g/mol. The van der Waals surface area contributed by atoms with Crippen LogP contribution in [0.1, 0.15) is 10.4 Å². The summed E-state index contributed by atoms with van der Waals surface area (Å²) in [5, 5.41) is 0.610. The highest BCUT2D eigenvalue weighted by molar-refractivity contribution is 14.1. The molecule has 0 bridgehead atoms. The Morgan fingerprint density at radius 2 is 2.31 bits per heavy atom. The van der Waals surface area contributed by atoms with Gasteiger partial charge in [0.1, 0.15) is 0 Å². The van der Waals surface area contributed by atoms with Gasteiger partial charge < -0.3 is 0 Å². The van der Waals surface area contributed by atoms with E-state index < -0.39 is 0 Å². The van der Waals surface area contributed by atoms with Gasteiger partial charge >= 0.3 is 0 Å². The molecule has 0 spiro atoms. The first-order valence-electron chi connectivity index (χ1n) is 3.43. The number of carbonyl (C=O) groups is 1. The maximum Gasteiger partial charge on any atom is 0.275 e. The minimum absolute atomic E-state index is 0.274. The Bertz CT molecular complexity index is 330. The van der Waals surface area contributed by atoms with E-state index in [1.807, 2.05) is 22.6 Å². The Kier molecular flexibility index (Phi) is 3.95. The molecule has 70 valence electrons. The van der Waals surface area contributed by atoms with Crippen molar-refractivity contribution in [3.05, 3.63) is 32.4 Å². The van der Waals surface area contributed by atoms with Gasteiger partial charge in [0, 0.05) is 8.59 Å². The number of benzene rings is 1. The van der Waals surface area contributed by atoms with Gasteiger partial charge in [-0.05, 0) is 40.8 Å². The summed E-state index contributed by atoms with van der Waals surface area (Å²) in [6.45, 7) is 0. The number of hydrogen-bond acceptors (Lipinski definition) is 2. The van der Waals surface area contributed by atoms with Gasteiger partial charge in [0.05, 0.1) is 12.7 Å². The van der Waals surface area contributed by atoms with E-state index in [0.717, 1.165) is 3.57 Å². The monoisotopic (exact) mass is 311 g/mol. The maximum absolute atomic E-state index is 11.3. The lowest BCUT2D eigenvalue weighted by Crippen LogP contribution is -2.22. The highest BCUT2D eigenvalue weighted by Crippen LogP contribution is 2.17. The molecule has 0 saturated heterocycles. The van der Waals surface area contributed by atoms with Crippen molar-refractivity contribution in [2.45, 2.75) is 0 Å². The van der Waals surface area contributed by atoms with Gasteiger partial charge in [-0.3, -0.25) is 9.63 Å². The number of nitrogens with one attached hydrogen (secondary N) is 1. The summed E-state index contributed by atoms with van der Waals surface area (Å²) in [4.78, 5) is 15.8. The average Bonchev–Trinajstić information content (AvgIpc) is 2.04. The largest absolute Gasteiger partial charge is 0.277 e. The fraction of sp³-hybridized carbons (Fsp3) is 0.125. The summed E-state index contributed by atoms with van der Waals surface area (Å²) in [5.74, 6) is -0.274. The van der Waals surface area contributed by atoms with Crippen molar-refractivity contribution in [2.75, 3.05) is 7.11 Å². The Hall–Kier alpha value is -0.330. The van der Waals surface area contributed by atoms with Crippen LogP contribution in [0, 0.1) is 3.57 Å². The van der Waals surface area contributed by atoms with Crippen molar-refractivity contribution in [1.29, 1.82) is 0 Å². The van der Waals surface area contributed by atoms with E-state index in [2.05, 4.69) is 10.3 Å². The molecule has 0 aliphatic rings. The SMILES string of the molecule is CONC(=O)c1ccc(Cl)cc1I. The Labute approximate surface area is 94.5 Å². The van der Waals surface area contributed by atoms with E-state index >= 15 is 0 Å². The molecule has 0 saturated carbocycles. The van der Waals surface area contributed by atoms with Crippen molar-refractivity contribution >= 4 is 40.1 Å². The van der Waals surface area contributed by atoms with Crippen LogP contribution in [-0.2, 0) is 4.84 Å². The summed E-state index contributed by atoms with van der Waals surface area (Å²) < 4.78 is 0.791. The van der Waals surface area contributed by atoms with E-state index in [1.54, 1.807) is 18.2 Å². The maximum atomic E-state index is 11.3. The molecule has 0 aromatic heterocycles. The third kappa shape index (κ3) is 2.82. The standard InChI is InChI=1S/C8H7ClINO2/c1-13-11-8(12)6-3-2-5(9)4-7(6)10/h2-4H,1H3,(H,11,12). The third-order valence-corrected chi connectivity index (χ3v) is 2.50. The van der Waals surface area contributed by atoms with Crippen molar-refractivity contribution in [3.63, 3.8) is 0 Å². The first-order chi connectivity index (χ1) is 6.15. The Balaban J connectivity index is 2.95. The van der Waals surface area contributed by atoms with Gasteiger partial charge in [-0.1, -0.05) is 11.6 Å². The summed E-state index contributed by atoms with van der Waals surface area (Å²) in [6.07, 6.45) is 0. The first kappa shape index (κ1) is 10.7. The van der Waals surface area contributed by atoms with E-state index in [1.165, 1.54) is 7.11 Å². The quantitative estimate of drug-likeness (QED) is 0.672. The zero-order chi connectivity index (χ0) is 9.84. The molecular formula is C8H7ClINO2. The van der Waals surface area contributed by atoms with Crippen LogP contribution < -0.4 is 5.48 Å². The predicted molar refractivity (Wildman–Crippen MR) is 58.6 cm³/mol. The molecule has 1 N–H and O–H groups in total. The van der Waals surface area contributed by atoms with Gasteiger partial charge in [-0.15, -0.1) is 0 Å². The normalized spacial score (nSPS) is 9.77. The molecule has 1 aromatic rings. The minimum Gasteiger partial charge on any atom is -0.277 e. The molecule has 0 aliphatic carbocycles. The van der Waals surface area contributed by atoms with Crippen LogP contribution in [0.15, 0.2) is 18.2 Å². The lowest BCUT2D eigenvalue weighted by molar-refractivity contribution is 0.0536. The minimum atomic E-state index is -0.274. The number of amides is 1. The second-order valence-electron chi connectivity index (χ2n) is 2.26. The molecule has 0 atom stereocenters. The summed E-state index contributed by atoms with van der Waals surface area (Å²) in [5.41, 5.74) is 2.78. The number of rotatable bonds is 2. The molecule has 0 fully saturated rings. The topological polar surface area (TPSA) is 38.3 Å². The molecule has 13 heavy (non-hydrogen) atoms. The zero-order valence-electron chi connectivity index (χ0n) is 6.80. The Morgan fingerprint density at radius 3 is 2.85 bits per heavy atom. The lowest BCUT2D eigenvalue weighted by atomic mass is 10.2. The Morgan fingerprint density at radius 1 is 1.62 bits per heavy atom. The van der Waals surface area contributed by atoms with Crippen LogP contribution in [0.5, 0.6) is 0 Å². The van der Waals surface area contributed by atoms with Crippen LogP contribution in [0.25, 0.3) is 0 Å². The molecule has 0 aliphatic heterocycles. The van der Waals surface area contributed by atoms with Crippen LogP contribution >= 0.6 is 34.2 Å². The second-order valence-corrected chi connectivity index (χ2v) is 3.86. The van der Waals surface area contributed by atoms with Crippen LogP contribution in [-0.4, -0.2) is 13.0 Å². The van der Waals surface area contributed by atoms with Gasteiger partial charge in [0.25, 0.3) is 5.91 Å².